The number of fused-ring (bicyclic) bond motifs is 1. The molecule has 0 bridgehead atoms. The summed E-state index contributed by atoms with van der Waals surface area (Å²) in [5, 5.41) is 3.80. The molecule has 3 aromatic heterocycles. The molecule has 4 aromatic rings. The van der Waals surface area contributed by atoms with E-state index >= 15 is 0 Å². The Hall–Kier alpha value is -2.57. The van der Waals surface area contributed by atoms with E-state index in [9.17, 15) is 4.79 Å². The van der Waals surface area contributed by atoms with Crippen LogP contribution in [0.4, 0.5) is 0 Å². The lowest BCUT2D eigenvalue weighted by atomic mass is 10.1. The van der Waals surface area contributed by atoms with Crippen LogP contribution in [0.1, 0.15) is 27.9 Å². The number of aryl methyl sites for hydroxylation is 1. The van der Waals surface area contributed by atoms with Crippen LogP contribution in [0.25, 0.3) is 21.5 Å². The van der Waals surface area contributed by atoms with E-state index in [4.69, 9.17) is 4.98 Å². The summed E-state index contributed by atoms with van der Waals surface area (Å²) < 4.78 is 0.915. The molecule has 0 spiro atoms. The molecule has 3 heterocycles. The molecule has 28 heavy (non-hydrogen) atoms. The number of nitrogens with zero attached hydrogens (tertiary/aromatic N) is 2. The Balaban J connectivity index is 1.74. The average Bonchev–Trinajstić information content (AvgIpc) is 3.21. The van der Waals surface area contributed by atoms with Crippen molar-refractivity contribution in [2.24, 2.45) is 0 Å². The maximum Gasteiger partial charge on any atom is 0.252 e. The molecule has 0 radical (unpaired) electrons. The van der Waals surface area contributed by atoms with Crippen molar-refractivity contribution in [3.8, 4) is 10.6 Å². The van der Waals surface area contributed by atoms with E-state index in [1.807, 2.05) is 42.5 Å². The topological polar surface area (TPSA) is 54.9 Å². The number of hydrogen-bond donors (Lipinski definition) is 1. The number of aromatic nitrogens is 2. The van der Waals surface area contributed by atoms with Crippen LogP contribution in [0, 0.1) is 0 Å². The number of benzene rings is 1. The Morgan fingerprint density at radius 2 is 2.04 bits per heavy atom. The molecule has 1 N–H and O–H groups in total. The van der Waals surface area contributed by atoms with E-state index in [1.54, 1.807) is 17.5 Å². The Morgan fingerprint density at radius 3 is 2.79 bits per heavy atom. The molecule has 0 saturated heterocycles. The van der Waals surface area contributed by atoms with Gasteiger partial charge in [0.15, 0.2) is 0 Å². The van der Waals surface area contributed by atoms with Crippen LogP contribution in [0.3, 0.4) is 0 Å². The fourth-order valence-electron chi connectivity index (χ4n) is 2.99. The van der Waals surface area contributed by atoms with Crippen LogP contribution >= 0.6 is 27.3 Å². The van der Waals surface area contributed by atoms with Crippen molar-refractivity contribution in [2.75, 3.05) is 0 Å². The third kappa shape index (κ3) is 3.98. The van der Waals surface area contributed by atoms with Gasteiger partial charge < -0.3 is 5.32 Å². The molecule has 0 fully saturated rings. The highest BCUT2D eigenvalue weighted by Crippen LogP contribution is 2.31. The van der Waals surface area contributed by atoms with E-state index in [0.29, 0.717) is 12.1 Å². The van der Waals surface area contributed by atoms with E-state index in [-0.39, 0.29) is 5.91 Å². The highest BCUT2D eigenvalue weighted by Gasteiger charge is 2.15. The van der Waals surface area contributed by atoms with Gasteiger partial charge in [0.2, 0.25) is 0 Å². The first kappa shape index (κ1) is 18.8. The largest absolute Gasteiger partial charge is 0.346 e. The Kier molecular flexibility index (Phi) is 5.50. The number of thiophene rings is 1. The molecule has 0 unspecified atom stereocenters. The Morgan fingerprint density at radius 1 is 1.14 bits per heavy atom. The normalized spacial score (nSPS) is 10.9. The van der Waals surface area contributed by atoms with E-state index in [0.717, 1.165) is 38.1 Å². The molecule has 0 aliphatic carbocycles. The number of rotatable bonds is 5. The minimum Gasteiger partial charge on any atom is -0.346 e. The van der Waals surface area contributed by atoms with Crippen molar-refractivity contribution in [2.45, 2.75) is 19.9 Å². The Bertz CT molecular complexity index is 1140. The minimum atomic E-state index is -0.135. The number of pyridine rings is 2. The first-order valence-electron chi connectivity index (χ1n) is 9.01. The van der Waals surface area contributed by atoms with Gasteiger partial charge >= 0.3 is 0 Å². The third-order valence-electron chi connectivity index (χ3n) is 4.43. The molecule has 140 valence electrons. The van der Waals surface area contributed by atoms with Crippen molar-refractivity contribution in [1.82, 2.24) is 15.3 Å². The summed E-state index contributed by atoms with van der Waals surface area (Å²) in [6.45, 7) is 2.52. The van der Waals surface area contributed by atoms with Crippen LogP contribution in [0.2, 0.25) is 0 Å². The zero-order valence-corrected chi connectivity index (χ0v) is 17.7. The molecule has 1 amide bonds. The van der Waals surface area contributed by atoms with Gasteiger partial charge in [0, 0.05) is 20.9 Å². The van der Waals surface area contributed by atoms with Crippen LogP contribution in [-0.2, 0) is 13.0 Å². The number of carbonyl (C=O) groups excluding carboxylic acids is 1. The number of amides is 1. The molecule has 4 rings (SSSR count). The molecule has 4 nitrogen and oxygen atoms in total. The fraction of sp³-hybridized carbons (Fsp3) is 0.136. The number of carbonyl (C=O) groups is 1. The zero-order chi connectivity index (χ0) is 19.5. The summed E-state index contributed by atoms with van der Waals surface area (Å²) in [4.78, 5) is 24.4. The maximum absolute atomic E-state index is 13.0. The summed E-state index contributed by atoms with van der Waals surface area (Å²) in [7, 11) is 0. The van der Waals surface area contributed by atoms with Gasteiger partial charge in [0.1, 0.15) is 0 Å². The second-order valence-electron chi connectivity index (χ2n) is 6.34. The predicted octanol–water partition coefficient (Wildman–Crippen LogP) is 5.61. The zero-order valence-electron chi connectivity index (χ0n) is 15.3. The van der Waals surface area contributed by atoms with Crippen molar-refractivity contribution in [3.63, 3.8) is 0 Å². The quantitative estimate of drug-likeness (QED) is 0.428. The monoisotopic (exact) mass is 451 g/mol. The standard InChI is InChI=1S/C22H18BrN3OS/c1-2-16-7-9-21(28-16)20-12-18(17-11-14(23)6-8-19(17)26-20)22(27)25-13-15-5-3-4-10-24-15/h3-12H,2,13H2,1H3,(H,25,27). The van der Waals surface area contributed by atoms with Gasteiger partial charge in [0.05, 0.1) is 33.9 Å². The van der Waals surface area contributed by atoms with Crippen LogP contribution in [0.15, 0.2) is 65.3 Å². The molecule has 0 aliphatic heterocycles. The molecule has 0 saturated carbocycles. The van der Waals surface area contributed by atoms with Crippen molar-refractivity contribution in [3.05, 3.63) is 81.4 Å². The second kappa shape index (κ2) is 8.20. The highest BCUT2D eigenvalue weighted by atomic mass is 79.9. The average molecular weight is 452 g/mol. The summed E-state index contributed by atoms with van der Waals surface area (Å²) in [6.07, 6.45) is 2.71. The molecule has 1 aromatic carbocycles. The summed E-state index contributed by atoms with van der Waals surface area (Å²) in [5.41, 5.74) is 3.06. The van der Waals surface area contributed by atoms with Gasteiger partial charge in [-0.2, -0.15) is 0 Å². The molecular weight excluding hydrogens is 434 g/mol. The second-order valence-corrected chi connectivity index (χ2v) is 8.42. The summed E-state index contributed by atoms with van der Waals surface area (Å²) >= 11 is 5.21. The van der Waals surface area contributed by atoms with E-state index in [2.05, 4.69) is 45.3 Å². The first-order valence-corrected chi connectivity index (χ1v) is 10.6. The minimum absolute atomic E-state index is 0.135. The van der Waals surface area contributed by atoms with Crippen LogP contribution in [0.5, 0.6) is 0 Å². The fourth-order valence-corrected chi connectivity index (χ4v) is 4.26. The maximum atomic E-state index is 13.0. The lowest BCUT2D eigenvalue weighted by molar-refractivity contribution is 0.0952. The van der Waals surface area contributed by atoms with E-state index in [1.165, 1.54) is 4.88 Å². The molecule has 0 atom stereocenters. The van der Waals surface area contributed by atoms with Gasteiger partial charge in [-0.3, -0.25) is 9.78 Å². The van der Waals surface area contributed by atoms with E-state index < -0.39 is 0 Å². The van der Waals surface area contributed by atoms with Gasteiger partial charge in [-0.05, 0) is 55.0 Å². The summed E-state index contributed by atoms with van der Waals surface area (Å²) in [5.74, 6) is -0.135. The molecule has 6 heteroatoms. The molecular formula is C22H18BrN3OS. The SMILES string of the molecule is CCc1ccc(-c2cc(C(=O)NCc3ccccn3)c3cc(Br)ccc3n2)s1. The van der Waals surface area contributed by atoms with Crippen molar-refractivity contribution < 1.29 is 4.79 Å². The van der Waals surface area contributed by atoms with Gasteiger partial charge in [-0.25, -0.2) is 4.98 Å². The highest BCUT2D eigenvalue weighted by molar-refractivity contribution is 9.10. The third-order valence-corrected chi connectivity index (χ3v) is 6.18. The number of halogens is 1. The van der Waals surface area contributed by atoms with Crippen molar-refractivity contribution in [1.29, 1.82) is 0 Å². The lowest BCUT2D eigenvalue weighted by Crippen LogP contribution is -2.23. The van der Waals surface area contributed by atoms with Gasteiger partial charge in [-0.1, -0.05) is 28.9 Å². The number of nitrogens with one attached hydrogen (secondary N) is 1. The van der Waals surface area contributed by atoms with Gasteiger partial charge in [-0.15, -0.1) is 11.3 Å². The van der Waals surface area contributed by atoms with Crippen LogP contribution < -0.4 is 5.32 Å². The van der Waals surface area contributed by atoms with Gasteiger partial charge in [0.25, 0.3) is 5.91 Å². The lowest BCUT2D eigenvalue weighted by Gasteiger charge is -2.10. The smallest absolute Gasteiger partial charge is 0.252 e. The first-order chi connectivity index (χ1) is 13.6. The van der Waals surface area contributed by atoms with Crippen molar-refractivity contribution >= 4 is 44.1 Å². The predicted molar refractivity (Wildman–Crippen MR) is 118 cm³/mol. The molecule has 0 aliphatic rings. The number of hydrogen-bond acceptors (Lipinski definition) is 4. The Labute approximate surface area is 175 Å². The summed E-state index contributed by atoms with van der Waals surface area (Å²) in [6, 6.07) is 17.6. The van der Waals surface area contributed by atoms with Crippen LogP contribution in [-0.4, -0.2) is 15.9 Å².